The molecule has 0 unspecified atom stereocenters. The Kier molecular flexibility index (Phi) is 7.33. The van der Waals surface area contributed by atoms with E-state index in [-0.39, 0.29) is 11.8 Å². The molecule has 0 bridgehead atoms. The van der Waals surface area contributed by atoms with Crippen molar-refractivity contribution in [3.63, 3.8) is 0 Å². The number of carbonyl (C=O) groups is 1. The Balaban J connectivity index is 2.12. The molecule has 19 heavy (non-hydrogen) atoms. The third-order valence-electron chi connectivity index (χ3n) is 2.56. The zero-order valence-corrected chi connectivity index (χ0v) is 12.0. The molecule has 2 N–H and O–H groups in total. The molecule has 5 heteroatoms. The highest BCUT2D eigenvalue weighted by Crippen LogP contribution is 2.26. The van der Waals surface area contributed by atoms with Crippen LogP contribution in [0.25, 0.3) is 0 Å². The minimum atomic E-state index is -0.309. The molecule has 0 saturated heterocycles. The Hall–Kier alpha value is -1.23. The summed E-state index contributed by atoms with van der Waals surface area (Å²) in [7, 11) is 0. The molecule has 0 aliphatic heterocycles. The van der Waals surface area contributed by atoms with Crippen molar-refractivity contribution in [1.29, 1.82) is 0 Å². The maximum atomic E-state index is 12.8. The number of unbranched alkanes of at least 4 members (excludes halogenated alkanes) is 2. The van der Waals surface area contributed by atoms with Crippen LogP contribution in [0.1, 0.15) is 32.6 Å². The van der Waals surface area contributed by atoms with Gasteiger partial charge in [0.1, 0.15) is 5.82 Å². The smallest absolute Gasteiger partial charge is 0.305 e. The third kappa shape index (κ3) is 6.47. The van der Waals surface area contributed by atoms with E-state index in [1.165, 1.54) is 12.1 Å². The summed E-state index contributed by atoms with van der Waals surface area (Å²) >= 11 is 1.62. The van der Waals surface area contributed by atoms with E-state index in [1.807, 2.05) is 6.92 Å². The minimum absolute atomic E-state index is 0.127. The van der Waals surface area contributed by atoms with Gasteiger partial charge >= 0.3 is 5.97 Å². The lowest BCUT2D eigenvalue weighted by Gasteiger charge is -2.05. The summed E-state index contributed by atoms with van der Waals surface area (Å²) in [6, 6.07) is 4.45. The Morgan fingerprint density at radius 3 is 2.84 bits per heavy atom. The highest BCUT2D eigenvalue weighted by molar-refractivity contribution is 7.99. The summed E-state index contributed by atoms with van der Waals surface area (Å²) in [5.41, 5.74) is 6.20. The molecule has 0 amide bonds. The number of hydrogen-bond acceptors (Lipinski definition) is 4. The first-order valence-corrected chi connectivity index (χ1v) is 7.45. The fourth-order valence-corrected chi connectivity index (χ4v) is 2.57. The predicted molar refractivity (Wildman–Crippen MR) is 76.6 cm³/mol. The molecule has 0 fully saturated rings. The van der Waals surface area contributed by atoms with Gasteiger partial charge in [-0.2, -0.15) is 0 Å². The molecular formula is C14H20FNO2S. The van der Waals surface area contributed by atoms with Gasteiger partial charge in [0.2, 0.25) is 0 Å². The molecule has 1 aromatic carbocycles. The van der Waals surface area contributed by atoms with Gasteiger partial charge in [0, 0.05) is 17.0 Å². The van der Waals surface area contributed by atoms with Gasteiger partial charge in [-0.1, -0.05) is 6.42 Å². The van der Waals surface area contributed by atoms with Crippen LogP contribution in [0.5, 0.6) is 0 Å². The summed E-state index contributed by atoms with van der Waals surface area (Å²) in [4.78, 5) is 12.0. The Morgan fingerprint density at radius 2 is 2.16 bits per heavy atom. The fraction of sp³-hybridized carbons (Fsp3) is 0.500. The van der Waals surface area contributed by atoms with Gasteiger partial charge in [0.15, 0.2) is 0 Å². The Bertz CT molecular complexity index is 412. The van der Waals surface area contributed by atoms with Crippen LogP contribution in [0.2, 0.25) is 0 Å². The van der Waals surface area contributed by atoms with E-state index in [0.717, 1.165) is 29.9 Å². The van der Waals surface area contributed by atoms with Crippen LogP contribution in [-0.2, 0) is 9.53 Å². The first-order chi connectivity index (χ1) is 9.13. The number of benzene rings is 1. The molecule has 3 nitrogen and oxygen atoms in total. The molecule has 0 aliphatic carbocycles. The van der Waals surface area contributed by atoms with Crippen molar-refractivity contribution in [3.05, 3.63) is 24.0 Å². The summed E-state index contributed by atoms with van der Waals surface area (Å²) in [5.74, 6) is 0.479. The molecule has 0 aliphatic rings. The zero-order valence-electron chi connectivity index (χ0n) is 11.2. The second kappa shape index (κ2) is 8.80. The maximum absolute atomic E-state index is 12.8. The fourth-order valence-electron chi connectivity index (χ4n) is 1.61. The number of esters is 1. The SMILES string of the molecule is CCOC(=O)CCCCCSc1ccc(F)cc1N. The van der Waals surface area contributed by atoms with Gasteiger partial charge < -0.3 is 10.5 Å². The summed E-state index contributed by atoms with van der Waals surface area (Å²) in [6.45, 7) is 2.25. The van der Waals surface area contributed by atoms with Crippen molar-refractivity contribution in [1.82, 2.24) is 0 Å². The van der Waals surface area contributed by atoms with Crippen LogP contribution < -0.4 is 5.73 Å². The third-order valence-corrected chi connectivity index (χ3v) is 3.74. The molecule has 0 atom stereocenters. The number of rotatable bonds is 8. The largest absolute Gasteiger partial charge is 0.466 e. The quantitative estimate of drug-likeness (QED) is 0.343. The Morgan fingerprint density at radius 1 is 1.37 bits per heavy atom. The van der Waals surface area contributed by atoms with Crippen molar-refractivity contribution in [2.45, 2.75) is 37.5 Å². The molecule has 0 radical (unpaired) electrons. The van der Waals surface area contributed by atoms with Gasteiger partial charge in [-0.25, -0.2) is 4.39 Å². The van der Waals surface area contributed by atoms with Gasteiger partial charge in [-0.3, -0.25) is 4.79 Å². The van der Waals surface area contributed by atoms with E-state index in [0.29, 0.717) is 18.7 Å². The predicted octanol–water partition coefficient (Wildman–Crippen LogP) is 3.62. The minimum Gasteiger partial charge on any atom is -0.466 e. The van der Waals surface area contributed by atoms with Crippen LogP contribution in [0, 0.1) is 5.82 Å². The van der Waals surface area contributed by atoms with E-state index in [9.17, 15) is 9.18 Å². The second-order valence-corrected chi connectivity index (χ2v) is 5.28. The normalized spacial score (nSPS) is 10.4. The molecule has 0 spiro atoms. The van der Waals surface area contributed by atoms with Gasteiger partial charge in [0.25, 0.3) is 0 Å². The lowest BCUT2D eigenvalue weighted by Crippen LogP contribution is -2.03. The van der Waals surface area contributed by atoms with Gasteiger partial charge in [-0.15, -0.1) is 11.8 Å². The first kappa shape index (κ1) is 15.8. The van der Waals surface area contributed by atoms with Crippen molar-refractivity contribution >= 4 is 23.4 Å². The lowest BCUT2D eigenvalue weighted by atomic mass is 10.2. The maximum Gasteiger partial charge on any atom is 0.305 e. The number of ether oxygens (including phenoxy) is 1. The van der Waals surface area contributed by atoms with E-state index >= 15 is 0 Å². The number of anilines is 1. The molecule has 1 rings (SSSR count). The van der Waals surface area contributed by atoms with E-state index in [1.54, 1.807) is 17.8 Å². The topological polar surface area (TPSA) is 52.3 Å². The number of nitrogen functional groups attached to an aromatic ring is 1. The summed E-state index contributed by atoms with van der Waals surface area (Å²) < 4.78 is 17.7. The first-order valence-electron chi connectivity index (χ1n) is 6.47. The summed E-state index contributed by atoms with van der Waals surface area (Å²) in [6.07, 6.45) is 3.31. The molecule has 0 aromatic heterocycles. The van der Waals surface area contributed by atoms with Crippen LogP contribution in [0.4, 0.5) is 10.1 Å². The zero-order chi connectivity index (χ0) is 14.1. The van der Waals surface area contributed by atoms with E-state index < -0.39 is 0 Å². The lowest BCUT2D eigenvalue weighted by molar-refractivity contribution is -0.143. The molecule has 106 valence electrons. The van der Waals surface area contributed by atoms with Crippen molar-refractivity contribution in [3.8, 4) is 0 Å². The van der Waals surface area contributed by atoms with Crippen molar-refractivity contribution in [2.75, 3.05) is 18.1 Å². The molecule has 1 aromatic rings. The molecule has 0 saturated carbocycles. The average molecular weight is 285 g/mol. The number of hydrogen-bond donors (Lipinski definition) is 1. The highest BCUT2D eigenvalue weighted by Gasteiger charge is 2.03. The molecule has 0 heterocycles. The van der Waals surface area contributed by atoms with E-state index in [2.05, 4.69) is 0 Å². The number of thioether (sulfide) groups is 1. The van der Waals surface area contributed by atoms with Crippen LogP contribution in [0.15, 0.2) is 23.1 Å². The van der Waals surface area contributed by atoms with Crippen molar-refractivity contribution in [2.24, 2.45) is 0 Å². The van der Waals surface area contributed by atoms with Crippen molar-refractivity contribution < 1.29 is 13.9 Å². The number of nitrogens with two attached hydrogens (primary N) is 1. The average Bonchev–Trinajstić information content (AvgIpc) is 2.36. The van der Waals surface area contributed by atoms with Crippen LogP contribution >= 0.6 is 11.8 Å². The Labute approximate surface area is 117 Å². The second-order valence-electron chi connectivity index (χ2n) is 4.15. The molecular weight excluding hydrogens is 265 g/mol. The van der Waals surface area contributed by atoms with Gasteiger partial charge in [0.05, 0.1) is 6.61 Å². The van der Waals surface area contributed by atoms with Gasteiger partial charge in [-0.05, 0) is 43.7 Å². The monoisotopic (exact) mass is 285 g/mol. The van der Waals surface area contributed by atoms with Crippen LogP contribution in [0.3, 0.4) is 0 Å². The summed E-state index contributed by atoms with van der Waals surface area (Å²) in [5, 5.41) is 0. The number of halogens is 1. The van der Waals surface area contributed by atoms with E-state index in [4.69, 9.17) is 10.5 Å². The standard InChI is InChI=1S/C14H20FNO2S/c1-2-18-14(17)6-4-3-5-9-19-13-8-7-11(15)10-12(13)16/h7-8,10H,2-6,9,16H2,1H3. The van der Waals surface area contributed by atoms with Crippen LogP contribution in [-0.4, -0.2) is 18.3 Å². The number of carbonyl (C=O) groups excluding carboxylic acids is 1. The highest BCUT2D eigenvalue weighted by atomic mass is 32.2.